The van der Waals surface area contributed by atoms with Crippen LogP contribution in [0.5, 0.6) is 0 Å². The van der Waals surface area contributed by atoms with Crippen molar-refractivity contribution in [3.05, 3.63) is 0 Å². The van der Waals surface area contributed by atoms with Gasteiger partial charge < -0.3 is 10.0 Å². The Morgan fingerprint density at radius 1 is 1.17 bits per heavy atom. The molecule has 0 spiro atoms. The van der Waals surface area contributed by atoms with Crippen molar-refractivity contribution in [1.29, 1.82) is 0 Å². The van der Waals surface area contributed by atoms with E-state index in [1.807, 2.05) is 16.7 Å². The summed E-state index contributed by atoms with van der Waals surface area (Å²) < 4.78 is 0. The maximum atomic E-state index is 11.8. The van der Waals surface area contributed by atoms with Crippen LogP contribution in [0.15, 0.2) is 0 Å². The second-order valence-electron chi connectivity index (χ2n) is 4.46. The van der Waals surface area contributed by atoms with Gasteiger partial charge in [-0.3, -0.25) is 14.5 Å². The van der Waals surface area contributed by atoms with Crippen LogP contribution in [0.2, 0.25) is 0 Å². The number of thioether (sulfide) groups is 1. The number of nitrogens with zero attached hydrogens (tertiary/aromatic N) is 2. The fourth-order valence-electron chi connectivity index (χ4n) is 1.99. The lowest BCUT2D eigenvalue weighted by molar-refractivity contribution is -0.137. The zero-order valence-electron chi connectivity index (χ0n) is 10.9. The quantitative estimate of drug-likeness (QED) is 0.742. The molecule has 18 heavy (non-hydrogen) atoms. The Bertz CT molecular complexity index is 278. The first-order valence-electron chi connectivity index (χ1n) is 6.34. The van der Waals surface area contributed by atoms with E-state index in [-0.39, 0.29) is 12.3 Å². The summed E-state index contributed by atoms with van der Waals surface area (Å²) in [6, 6.07) is 0. The van der Waals surface area contributed by atoms with Crippen molar-refractivity contribution in [2.45, 2.75) is 19.3 Å². The molecule has 6 heteroatoms. The highest BCUT2D eigenvalue weighted by molar-refractivity contribution is 7.98. The Hall–Kier alpha value is -0.750. The Balaban J connectivity index is 2.17. The van der Waals surface area contributed by atoms with Crippen LogP contribution < -0.4 is 0 Å². The lowest BCUT2D eigenvalue weighted by Gasteiger charge is -2.34. The molecular weight excluding hydrogens is 252 g/mol. The lowest BCUT2D eigenvalue weighted by atomic mass is 10.2. The molecule has 0 aromatic heterocycles. The van der Waals surface area contributed by atoms with E-state index < -0.39 is 5.97 Å². The van der Waals surface area contributed by atoms with Crippen molar-refractivity contribution in [2.75, 3.05) is 44.7 Å². The molecule has 0 unspecified atom stereocenters. The van der Waals surface area contributed by atoms with Crippen molar-refractivity contribution in [2.24, 2.45) is 0 Å². The smallest absolute Gasteiger partial charge is 0.303 e. The molecule has 0 aliphatic carbocycles. The maximum absolute atomic E-state index is 11.8. The average Bonchev–Trinajstić information content (AvgIpc) is 2.36. The number of piperazine rings is 1. The number of rotatable bonds is 7. The van der Waals surface area contributed by atoms with Gasteiger partial charge in [-0.2, -0.15) is 11.8 Å². The highest BCUT2D eigenvalue weighted by Crippen LogP contribution is 2.07. The molecule has 0 saturated carbocycles. The first-order chi connectivity index (χ1) is 8.63. The number of hydrogen-bond donors (Lipinski definition) is 1. The van der Waals surface area contributed by atoms with E-state index >= 15 is 0 Å². The summed E-state index contributed by atoms with van der Waals surface area (Å²) in [6.07, 6.45) is 2.99. The van der Waals surface area contributed by atoms with Crippen molar-refractivity contribution in [3.63, 3.8) is 0 Å². The van der Waals surface area contributed by atoms with Gasteiger partial charge in [-0.25, -0.2) is 0 Å². The van der Waals surface area contributed by atoms with Gasteiger partial charge in [0.15, 0.2) is 0 Å². The monoisotopic (exact) mass is 274 g/mol. The molecule has 0 aromatic carbocycles. The van der Waals surface area contributed by atoms with Crippen LogP contribution in [-0.4, -0.2) is 71.5 Å². The van der Waals surface area contributed by atoms with Crippen LogP contribution in [0, 0.1) is 0 Å². The highest BCUT2D eigenvalue weighted by Gasteiger charge is 2.20. The molecule has 0 aromatic rings. The van der Waals surface area contributed by atoms with Gasteiger partial charge in [0.2, 0.25) is 5.91 Å². The molecule has 1 heterocycles. The second-order valence-corrected chi connectivity index (χ2v) is 5.45. The normalized spacial score (nSPS) is 16.8. The third-order valence-electron chi connectivity index (χ3n) is 3.12. The Morgan fingerprint density at radius 2 is 1.83 bits per heavy atom. The summed E-state index contributed by atoms with van der Waals surface area (Å²) in [5.41, 5.74) is 0. The molecular formula is C12H22N2O3S. The predicted molar refractivity (Wildman–Crippen MR) is 72.9 cm³/mol. The topological polar surface area (TPSA) is 60.9 Å². The zero-order chi connectivity index (χ0) is 13.4. The van der Waals surface area contributed by atoms with Gasteiger partial charge in [0, 0.05) is 51.3 Å². The van der Waals surface area contributed by atoms with Crippen molar-refractivity contribution >= 4 is 23.6 Å². The first kappa shape index (κ1) is 15.3. The molecule has 1 N–H and O–H groups in total. The van der Waals surface area contributed by atoms with Crippen molar-refractivity contribution < 1.29 is 14.7 Å². The van der Waals surface area contributed by atoms with Crippen molar-refractivity contribution in [1.82, 2.24) is 9.80 Å². The molecule has 1 aliphatic rings. The molecule has 104 valence electrons. The molecule has 1 rings (SSSR count). The van der Waals surface area contributed by atoms with Crippen LogP contribution in [-0.2, 0) is 9.59 Å². The van der Waals surface area contributed by atoms with E-state index in [2.05, 4.69) is 11.2 Å². The van der Waals surface area contributed by atoms with Gasteiger partial charge in [0.25, 0.3) is 0 Å². The molecule has 0 atom stereocenters. The van der Waals surface area contributed by atoms with E-state index in [1.165, 1.54) is 0 Å². The van der Waals surface area contributed by atoms with Crippen molar-refractivity contribution in [3.8, 4) is 0 Å². The van der Waals surface area contributed by atoms with E-state index in [0.29, 0.717) is 12.8 Å². The minimum Gasteiger partial charge on any atom is -0.481 e. The molecule has 1 aliphatic heterocycles. The number of hydrogen-bond acceptors (Lipinski definition) is 4. The summed E-state index contributed by atoms with van der Waals surface area (Å²) >= 11 is 1.84. The molecule has 1 fully saturated rings. The van der Waals surface area contributed by atoms with Crippen LogP contribution >= 0.6 is 11.8 Å². The second kappa shape index (κ2) is 8.37. The van der Waals surface area contributed by atoms with Gasteiger partial charge in [0.05, 0.1) is 0 Å². The van der Waals surface area contributed by atoms with Crippen LogP contribution in [0.25, 0.3) is 0 Å². The maximum Gasteiger partial charge on any atom is 0.303 e. The molecule has 5 nitrogen and oxygen atoms in total. The Labute approximate surface area is 113 Å². The lowest BCUT2D eigenvalue weighted by Crippen LogP contribution is -2.49. The zero-order valence-corrected chi connectivity index (χ0v) is 11.7. The molecule has 0 bridgehead atoms. The summed E-state index contributed by atoms with van der Waals surface area (Å²) in [6.45, 7) is 4.51. The SMILES string of the molecule is CSCCN1CCN(C(=O)CCCC(=O)O)CC1. The van der Waals surface area contributed by atoms with Gasteiger partial charge in [-0.15, -0.1) is 0 Å². The Kier molecular flexibility index (Phi) is 7.12. The van der Waals surface area contributed by atoms with Gasteiger partial charge >= 0.3 is 5.97 Å². The highest BCUT2D eigenvalue weighted by atomic mass is 32.2. The van der Waals surface area contributed by atoms with E-state index in [0.717, 1.165) is 38.5 Å². The van der Waals surface area contributed by atoms with E-state index in [9.17, 15) is 9.59 Å². The molecule has 1 amide bonds. The number of carboxylic acid groups (broad SMARTS) is 1. The average molecular weight is 274 g/mol. The van der Waals surface area contributed by atoms with Crippen LogP contribution in [0.1, 0.15) is 19.3 Å². The summed E-state index contributed by atoms with van der Waals surface area (Å²) in [5, 5.41) is 8.52. The molecule has 0 radical (unpaired) electrons. The number of aliphatic carboxylic acids is 1. The Morgan fingerprint density at radius 3 is 2.39 bits per heavy atom. The van der Waals surface area contributed by atoms with E-state index in [1.54, 1.807) is 0 Å². The minimum absolute atomic E-state index is 0.0828. The van der Waals surface area contributed by atoms with Gasteiger partial charge in [-0.05, 0) is 12.7 Å². The minimum atomic E-state index is -0.829. The summed E-state index contributed by atoms with van der Waals surface area (Å²) in [5.74, 6) is 0.400. The third-order valence-corrected chi connectivity index (χ3v) is 3.71. The molecule has 1 saturated heterocycles. The number of carbonyl (C=O) groups is 2. The summed E-state index contributed by atoms with van der Waals surface area (Å²) in [7, 11) is 0. The van der Waals surface area contributed by atoms with Gasteiger partial charge in [-0.1, -0.05) is 0 Å². The third kappa shape index (κ3) is 5.73. The number of carbonyl (C=O) groups excluding carboxylic acids is 1. The van der Waals surface area contributed by atoms with Gasteiger partial charge in [0.1, 0.15) is 0 Å². The number of carboxylic acids is 1. The fourth-order valence-corrected chi connectivity index (χ4v) is 2.43. The predicted octanol–water partition coefficient (Wildman–Crippen LogP) is 0.748. The number of amides is 1. The largest absolute Gasteiger partial charge is 0.481 e. The first-order valence-corrected chi connectivity index (χ1v) is 7.73. The van der Waals surface area contributed by atoms with Crippen LogP contribution in [0.4, 0.5) is 0 Å². The van der Waals surface area contributed by atoms with E-state index in [4.69, 9.17) is 5.11 Å². The summed E-state index contributed by atoms with van der Waals surface area (Å²) in [4.78, 5) is 26.4. The standard InChI is InChI=1S/C12H22N2O3S/c1-18-10-9-13-5-7-14(8-6-13)11(15)3-2-4-12(16)17/h2-10H2,1H3,(H,16,17). The van der Waals surface area contributed by atoms with Crippen LogP contribution in [0.3, 0.4) is 0 Å². The fraction of sp³-hybridized carbons (Fsp3) is 0.833.